The van der Waals surface area contributed by atoms with Crippen LogP contribution in [-0.4, -0.2) is 19.3 Å². The van der Waals surface area contributed by atoms with E-state index in [0.717, 1.165) is 11.1 Å². The molecule has 0 radical (unpaired) electrons. The summed E-state index contributed by atoms with van der Waals surface area (Å²) in [7, 11) is 0. The van der Waals surface area contributed by atoms with Crippen LogP contribution in [0, 0.1) is 0 Å². The molecule has 8 heteroatoms. The number of hydrogen-bond donors (Lipinski definition) is 1. The van der Waals surface area contributed by atoms with E-state index < -0.39 is 0 Å². The van der Waals surface area contributed by atoms with Gasteiger partial charge in [-0.1, -0.05) is 54.1 Å². The minimum atomic E-state index is -0.301. The smallest absolute Gasteiger partial charge is 0.281 e. The molecular weight excluding hydrogens is 452 g/mol. The highest BCUT2D eigenvalue weighted by molar-refractivity contribution is 6.32. The molecule has 1 N–H and O–H groups in total. The van der Waals surface area contributed by atoms with Crippen molar-refractivity contribution < 1.29 is 4.74 Å². The molecule has 0 aliphatic heterocycles. The molecule has 5 aromatic rings. The van der Waals surface area contributed by atoms with Crippen molar-refractivity contribution in [2.24, 2.45) is 0 Å². The molecule has 0 bridgehead atoms. The molecule has 0 unspecified atom stereocenters. The van der Waals surface area contributed by atoms with E-state index in [9.17, 15) is 9.59 Å². The number of para-hydroxylation sites is 1. The molecule has 2 aromatic carbocycles. The van der Waals surface area contributed by atoms with Crippen molar-refractivity contribution in [2.75, 3.05) is 0 Å². The topological polar surface area (TPSA) is 81.9 Å². The lowest BCUT2D eigenvalue weighted by Crippen LogP contribution is -2.26. The molecule has 7 nitrogen and oxygen atoms in total. The van der Waals surface area contributed by atoms with Crippen LogP contribution in [0.1, 0.15) is 16.8 Å². The Balaban J connectivity index is 1.63. The number of H-pyrrole nitrogens is 1. The zero-order valence-corrected chi connectivity index (χ0v) is 18.9. The first kappa shape index (κ1) is 21.9. The van der Waals surface area contributed by atoms with Crippen molar-refractivity contribution >= 4 is 22.5 Å². The van der Waals surface area contributed by atoms with Crippen molar-refractivity contribution in [1.29, 1.82) is 0 Å². The van der Waals surface area contributed by atoms with Gasteiger partial charge in [0.2, 0.25) is 0 Å². The predicted octanol–water partition coefficient (Wildman–Crippen LogP) is 4.29. The number of aromatic amines is 1. The van der Waals surface area contributed by atoms with Gasteiger partial charge in [-0.3, -0.25) is 19.7 Å². The van der Waals surface area contributed by atoms with Crippen LogP contribution in [0.25, 0.3) is 16.6 Å². The maximum absolute atomic E-state index is 13.5. The number of ether oxygens (including phenoxy) is 1. The molecular formula is C26H21ClN4O3. The van der Waals surface area contributed by atoms with Crippen molar-refractivity contribution in [3.8, 4) is 5.69 Å². The normalized spacial score (nSPS) is 11.2. The molecule has 34 heavy (non-hydrogen) atoms. The number of hydrogen-bond acceptors (Lipinski definition) is 4. The Morgan fingerprint density at radius 1 is 0.882 bits per heavy atom. The Morgan fingerprint density at radius 3 is 2.38 bits per heavy atom. The molecule has 0 saturated carbocycles. The Hall–Kier alpha value is -3.94. The molecule has 5 rings (SSSR count). The Bertz CT molecular complexity index is 1560. The second-order valence-corrected chi connectivity index (χ2v) is 8.25. The first-order chi connectivity index (χ1) is 16.6. The summed E-state index contributed by atoms with van der Waals surface area (Å²) < 4.78 is 8.92. The highest BCUT2D eigenvalue weighted by Gasteiger charge is 2.19. The van der Waals surface area contributed by atoms with Gasteiger partial charge in [0.15, 0.2) is 0 Å². The van der Waals surface area contributed by atoms with Crippen LogP contribution in [0.4, 0.5) is 0 Å². The average molecular weight is 473 g/mol. The van der Waals surface area contributed by atoms with Gasteiger partial charge in [0, 0.05) is 18.5 Å². The highest BCUT2D eigenvalue weighted by Crippen LogP contribution is 2.21. The minimum absolute atomic E-state index is 0.0855. The Kier molecular flexibility index (Phi) is 6.12. The highest BCUT2D eigenvalue weighted by atomic mass is 35.5. The van der Waals surface area contributed by atoms with E-state index in [4.69, 9.17) is 16.3 Å². The number of halogens is 1. The second kappa shape index (κ2) is 9.51. The number of aromatic nitrogens is 4. The van der Waals surface area contributed by atoms with E-state index in [1.165, 1.54) is 10.7 Å². The molecule has 170 valence electrons. The van der Waals surface area contributed by atoms with Crippen LogP contribution in [0.3, 0.4) is 0 Å². The molecule has 0 spiro atoms. The fourth-order valence-electron chi connectivity index (χ4n) is 3.94. The van der Waals surface area contributed by atoms with Crippen LogP contribution in [-0.2, 0) is 24.5 Å². The standard InChI is InChI=1S/C26H21ClN4O3/c27-20-8-4-5-9-22(20)31-26(33)25-21(29-31)14-24(32)30(15-18-10-12-28-13-11-18)23(25)17-34-16-19-6-2-1-3-7-19/h1-14,29H,15-17H2. The Morgan fingerprint density at radius 2 is 1.62 bits per heavy atom. The Labute approximate surface area is 199 Å². The van der Waals surface area contributed by atoms with E-state index in [-0.39, 0.29) is 24.3 Å². The van der Waals surface area contributed by atoms with Gasteiger partial charge < -0.3 is 9.30 Å². The van der Waals surface area contributed by atoms with E-state index in [1.54, 1.807) is 41.2 Å². The molecule has 3 heterocycles. The summed E-state index contributed by atoms with van der Waals surface area (Å²) in [5, 5.41) is 3.85. The number of nitrogens with one attached hydrogen (secondary N) is 1. The fraction of sp³-hybridized carbons (Fsp3) is 0.115. The van der Waals surface area contributed by atoms with Crippen molar-refractivity contribution in [3.05, 3.63) is 128 Å². The summed E-state index contributed by atoms with van der Waals surface area (Å²) in [5.74, 6) is 0. The fourth-order valence-corrected chi connectivity index (χ4v) is 4.16. The van der Waals surface area contributed by atoms with Crippen LogP contribution in [0.15, 0.2) is 94.8 Å². The van der Waals surface area contributed by atoms with Crippen LogP contribution >= 0.6 is 11.6 Å². The zero-order chi connectivity index (χ0) is 23.5. The largest absolute Gasteiger partial charge is 0.371 e. The molecule has 0 aliphatic rings. The van der Waals surface area contributed by atoms with Gasteiger partial charge >= 0.3 is 0 Å². The number of fused-ring (bicyclic) bond motifs is 1. The quantitative estimate of drug-likeness (QED) is 0.383. The summed E-state index contributed by atoms with van der Waals surface area (Å²) in [5.41, 5.74) is 2.79. The summed E-state index contributed by atoms with van der Waals surface area (Å²) in [6.45, 7) is 0.726. The SMILES string of the molecule is O=c1c2c(COCc3ccccc3)n(Cc3ccncc3)c(=O)cc2[nH]n1-c1ccccc1Cl. The van der Waals surface area contributed by atoms with E-state index >= 15 is 0 Å². The lowest BCUT2D eigenvalue weighted by atomic mass is 10.2. The number of benzene rings is 2. The molecule has 0 fully saturated rings. The summed E-state index contributed by atoms with van der Waals surface area (Å²) >= 11 is 6.34. The van der Waals surface area contributed by atoms with E-state index in [1.807, 2.05) is 42.5 Å². The summed E-state index contributed by atoms with van der Waals surface area (Å²) in [6, 6.07) is 21.9. The molecule has 0 atom stereocenters. The summed E-state index contributed by atoms with van der Waals surface area (Å²) in [6.07, 6.45) is 3.34. The second-order valence-electron chi connectivity index (χ2n) is 7.84. The molecule has 0 amide bonds. The van der Waals surface area contributed by atoms with Gasteiger partial charge in [0.1, 0.15) is 0 Å². The van der Waals surface area contributed by atoms with Gasteiger partial charge in [-0.25, -0.2) is 4.68 Å². The monoisotopic (exact) mass is 472 g/mol. The first-order valence-electron chi connectivity index (χ1n) is 10.7. The molecule has 0 saturated heterocycles. The average Bonchev–Trinajstić information content (AvgIpc) is 3.18. The van der Waals surface area contributed by atoms with Crippen LogP contribution < -0.4 is 11.1 Å². The van der Waals surface area contributed by atoms with E-state index in [2.05, 4.69) is 10.1 Å². The molecule has 0 aliphatic carbocycles. The summed E-state index contributed by atoms with van der Waals surface area (Å²) in [4.78, 5) is 30.7. The van der Waals surface area contributed by atoms with Gasteiger partial charge in [-0.2, -0.15) is 0 Å². The predicted molar refractivity (Wildman–Crippen MR) is 131 cm³/mol. The van der Waals surface area contributed by atoms with Gasteiger partial charge in [0.25, 0.3) is 11.1 Å². The van der Waals surface area contributed by atoms with Gasteiger partial charge in [0.05, 0.1) is 47.1 Å². The van der Waals surface area contributed by atoms with E-state index in [0.29, 0.717) is 33.9 Å². The van der Waals surface area contributed by atoms with Crippen LogP contribution in [0.5, 0.6) is 0 Å². The van der Waals surface area contributed by atoms with Crippen LogP contribution in [0.2, 0.25) is 5.02 Å². The zero-order valence-electron chi connectivity index (χ0n) is 18.1. The van der Waals surface area contributed by atoms with Gasteiger partial charge in [-0.15, -0.1) is 0 Å². The first-order valence-corrected chi connectivity index (χ1v) is 11.1. The van der Waals surface area contributed by atoms with Crippen molar-refractivity contribution in [2.45, 2.75) is 19.8 Å². The maximum Gasteiger partial charge on any atom is 0.281 e. The molecule has 3 aromatic heterocycles. The lowest BCUT2D eigenvalue weighted by Gasteiger charge is -2.14. The van der Waals surface area contributed by atoms with Gasteiger partial charge in [-0.05, 0) is 35.4 Å². The number of nitrogens with zero attached hydrogens (tertiary/aromatic N) is 3. The van der Waals surface area contributed by atoms with Crippen molar-refractivity contribution in [1.82, 2.24) is 19.3 Å². The number of rotatable bonds is 7. The third-order valence-corrected chi connectivity index (χ3v) is 5.92. The third kappa shape index (κ3) is 4.31. The maximum atomic E-state index is 13.5. The minimum Gasteiger partial charge on any atom is -0.371 e. The number of pyridine rings is 2. The van der Waals surface area contributed by atoms with Crippen molar-refractivity contribution in [3.63, 3.8) is 0 Å². The third-order valence-electron chi connectivity index (χ3n) is 5.60. The lowest BCUT2D eigenvalue weighted by molar-refractivity contribution is 0.103.